The maximum Gasteiger partial charge on any atom is 0.141 e. The van der Waals surface area contributed by atoms with Crippen LogP contribution in [0.15, 0.2) is 30.3 Å². The zero-order valence-electron chi connectivity index (χ0n) is 12.0. The lowest BCUT2D eigenvalue weighted by Gasteiger charge is -2.38. The zero-order chi connectivity index (χ0) is 13.6. The van der Waals surface area contributed by atoms with E-state index in [0.717, 1.165) is 13.0 Å². The molecule has 0 bridgehead atoms. The Labute approximate surface area is 111 Å². The van der Waals surface area contributed by atoms with Gasteiger partial charge >= 0.3 is 0 Å². The number of ketones is 1. The van der Waals surface area contributed by atoms with Gasteiger partial charge in [0.05, 0.1) is 0 Å². The predicted molar refractivity (Wildman–Crippen MR) is 76.7 cm³/mol. The fraction of sp³-hybridized carbons (Fsp3) is 0.562. The lowest BCUT2D eigenvalue weighted by Crippen LogP contribution is -2.53. The third kappa shape index (κ3) is 3.42. The van der Waals surface area contributed by atoms with Crippen molar-refractivity contribution >= 4 is 5.78 Å². The minimum absolute atomic E-state index is 0.242. The minimum Gasteiger partial charge on any atom is -0.312 e. The maximum absolute atomic E-state index is 11.9. The number of Topliss-reactive ketones (excluding diaryl/α,β-unsaturated/α-hetero) is 1. The Morgan fingerprint density at radius 3 is 2.44 bits per heavy atom. The summed E-state index contributed by atoms with van der Waals surface area (Å²) in [5, 5.41) is 3.47. The van der Waals surface area contributed by atoms with Crippen molar-refractivity contribution in [3.63, 3.8) is 0 Å². The van der Waals surface area contributed by atoms with E-state index in [4.69, 9.17) is 0 Å². The van der Waals surface area contributed by atoms with Crippen LogP contribution < -0.4 is 5.32 Å². The molecular weight excluding hydrogens is 222 g/mol. The van der Waals surface area contributed by atoms with Crippen LogP contribution in [0.3, 0.4) is 0 Å². The van der Waals surface area contributed by atoms with Crippen LogP contribution in [0.1, 0.15) is 39.7 Å². The van der Waals surface area contributed by atoms with Gasteiger partial charge < -0.3 is 5.32 Å². The normalized spacial score (nSPS) is 22.0. The summed E-state index contributed by atoms with van der Waals surface area (Å²) in [4.78, 5) is 11.9. The van der Waals surface area contributed by atoms with Crippen LogP contribution >= 0.6 is 0 Å². The molecule has 1 heterocycles. The minimum atomic E-state index is -0.242. The number of hydrogen-bond donors (Lipinski definition) is 1. The van der Waals surface area contributed by atoms with Gasteiger partial charge in [-0.3, -0.25) is 4.79 Å². The number of carbonyl (C=O) groups is 1. The van der Waals surface area contributed by atoms with Crippen LogP contribution in [0.4, 0.5) is 0 Å². The van der Waals surface area contributed by atoms with Gasteiger partial charge in [-0.05, 0) is 12.0 Å². The molecule has 1 aromatic rings. The Hall–Kier alpha value is -1.15. The number of carbonyl (C=O) groups excluding carboxylic acids is 1. The van der Waals surface area contributed by atoms with Crippen molar-refractivity contribution in [1.29, 1.82) is 0 Å². The number of nitrogens with one attached hydrogen (secondary N) is 1. The third-order valence-electron chi connectivity index (χ3n) is 3.62. The molecule has 1 aliphatic rings. The van der Waals surface area contributed by atoms with E-state index in [2.05, 4.69) is 31.3 Å². The molecule has 2 rings (SSSR count). The van der Waals surface area contributed by atoms with E-state index in [-0.39, 0.29) is 11.5 Å². The van der Waals surface area contributed by atoms with E-state index in [1.165, 1.54) is 5.56 Å². The van der Waals surface area contributed by atoms with Crippen LogP contribution in [-0.4, -0.2) is 18.4 Å². The van der Waals surface area contributed by atoms with Gasteiger partial charge in [-0.25, -0.2) is 0 Å². The molecule has 0 spiro atoms. The van der Waals surface area contributed by atoms with E-state index in [0.29, 0.717) is 12.2 Å². The molecule has 0 unspecified atom stereocenters. The Morgan fingerprint density at radius 2 is 1.83 bits per heavy atom. The molecule has 0 radical (unpaired) electrons. The highest BCUT2D eigenvalue weighted by Crippen LogP contribution is 2.29. The van der Waals surface area contributed by atoms with Crippen LogP contribution in [0.2, 0.25) is 0 Å². The predicted octanol–water partition coefficient (Wildman–Crippen LogP) is 3.21. The fourth-order valence-corrected chi connectivity index (χ4v) is 2.31. The Kier molecular flexibility index (Phi) is 5.54. The number of benzene rings is 1. The fourth-order valence-electron chi connectivity index (χ4n) is 2.31. The first-order valence-corrected chi connectivity index (χ1v) is 6.91. The van der Waals surface area contributed by atoms with Crippen molar-refractivity contribution in [3.8, 4) is 0 Å². The van der Waals surface area contributed by atoms with Gasteiger partial charge in [-0.2, -0.15) is 0 Å². The van der Waals surface area contributed by atoms with Gasteiger partial charge in [-0.15, -0.1) is 0 Å². The van der Waals surface area contributed by atoms with Crippen molar-refractivity contribution < 1.29 is 4.79 Å². The molecule has 0 saturated carbocycles. The average Bonchev–Trinajstić information content (AvgIpc) is 2.39. The van der Waals surface area contributed by atoms with E-state index >= 15 is 0 Å². The first-order valence-electron chi connectivity index (χ1n) is 6.91. The lowest BCUT2D eigenvalue weighted by molar-refractivity contribution is -0.130. The van der Waals surface area contributed by atoms with Crippen molar-refractivity contribution in [2.45, 2.75) is 46.6 Å². The summed E-state index contributed by atoms with van der Waals surface area (Å²) < 4.78 is 0. The van der Waals surface area contributed by atoms with Crippen LogP contribution in [-0.2, 0) is 11.2 Å². The van der Waals surface area contributed by atoms with Crippen LogP contribution in [0, 0.1) is 5.41 Å². The van der Waals surface area contributed by atoms with Crippen molar-refractivity contribution in [2.24, 2.45) is 5.41 Å². The van der Waals surface area contributed by atoms with E-state index in [1.54, 1.807) is 0 Å². The molecule has 2 heteroatoms. The summed E-state index contributed by atoms with van der Waals surface area (Å²) in [6.45, 7) is 8.92. The second-order valence-electron chi connectivity index (χ2n) is 5.09. The third-order valence-corrected chi connectivity index (χ3v) is 3.62. The summed E-state index contributed by atoms with van der Waals surface area (Å²) >= 11 is 0. The monoisotopic (exact) mass is 247 g/mol. The molecule has 100 valence electrons. The maximum atomic E-state index is 11.9. The molecule has 2 nitrogen and oxygen atoms in total. The highest BCUT2D eigenvalue weighted by atomic mass is 16.1. The second-order valence-corrected chi connectivity index (χ2v) is 5.09. The lowest BCUT2D eigenvalue weighted by atomic mass is 9.74. The molecule has 1 N–H and O–H groups in total. The average molecular weight is 247 g/mol. The number of piperidine rings is 1. The molecule has 1 aliphatic heterocycles. The molecule has 0 amide bonds. The summed E-state index contributed by atoms with van der Waals surface area (Å²) in [7, 11) is 0. The SMILES string of the molecule is CC.CC1(C)C(=O)CCN[C@H]1Cc1ccccc1. The van der Waals surface area contributed by atoms with Gasteiger partial charge in [0.2, 0.25) is 0 Å². The number of rotatable bonds is 2. The Bertz CT molecular complexity index is 370. The molecule has 1 aromatic carbocycles. The first kappa shape index (κ1) is 14.9. The van der Waals surface area contributed by atoms with Gasteiger partial charge in [0, 0.05) is 24.4 Å². The highest BCUT2D eigenvalue weighted by molar-refractivity contribution is 5.85. The Morgan fingerprint density at radius 1 is 1.22 bits per heavy atom. The molecule has 1 saturated heterocycles. The second kappa shape index (κ2) is 6.69. The summed E-state index contributed by atoms with van der Waals surface area (Å²) in [5.74, 6) is 0.382. The molecular formula is C16H25NO. The molecule has 1 fully saturated rings. The van der Waals surface area contributed by atoms with Crippen LogP contribution in [0.25, 0.3) is 0 Å². The topological polar surface area (TPSA) is 29.1 Å². The molecule has 0 aromatic heterocycles. The Balaban J connectivity index is 0.000000771. The molecule has 0 aliphatic carbocycles. The van der Waals surface area contributed by atoms with Gasteiger partial charge in [-0.1, -0.05) is 58.0 Å². The van der Waals surface area contributed by atoms with Crippen molar-refractivity contribution in [1.82, 2.24) is 5.32 Å². The number of hydrogen-bond acceptors (Lipinski definition) is 2. The summed E-state index contributed by atoms with van der Waals surface area (Å²) in [6.07, 6.45) is 1.60. The summed E-state index contributed by atoms with van der Waals surface area (Å²) in [5.41, 5.74) is 1.05. The van der Waals surface area contributed by atoms with E-state index in [1.807, 2.05) is 32.0 Å². The first-order chi connectivity index (χ1) is 8.60. The van der Waals surface area contributed by atoms with Crippen molar-refractivity contribution in [3.05, 3.63) is 35.9 Å². The van der Waals surface area contributed by atoms with Gasteiger partial charge in [0.25, 0.3) is 0 Å². The van der Waals surface area contributed by atoms with E-state index < -0.39 is 0 Å². The smallest absolute Gasteiger partial charge is 0.141 e. The van der Waals surface area contributed by atoms with Crippen molar-refractivity contribution in [2.75, 3.05) is 6.54 Å². The molecule has 18 heavy (non-hydrogen) atoms. The van der Waals surface area contributed by atoms with Crippen LogP contribution in [0.5, 0.6) is 0 Å². The standard InChI is InChI=1S/C14H19NO.C2H6/c1-14(2)12(15-9-8-13(14)16)10-11-6-4-3-5-7-11;1-2/h3-7,12,15H,8-10H2,1-2H3;1-2H3/t12-;/m0./s1. The van der Waals surface area contributed by atoms with E-state index in [9.17, 15) is 4.79 Å². The highest BCUT2D eigenvalue weighted by Gasteiger charge is 2.38. The van der Waals surface area contributed by atoms with Gasteiger partial charge in [0.15, 0.2) is 0 Å². The quantitative estimate of drug-likeness (QED) is 0.869. The summed E-state index contributed by atoms with van der Waals surface area (Å²) in [6, 6.07) is 10.6. The van der Waals surface area contributed by atoms with Gasteiger partial charge in [0.1, 0.15) is 5.78 Å². The zero-order valence-corrected chi connectivity index (χ0v) is 12.0. The molecule has 1 atom stereocenters. The largest absolute Gasteiger partial charge is 0.312 e.